The highest BCUT2D eigenvalue weighted by molar-refractivity contribution is 7.99. The molecule has 0 atom stereocenters. The first kappa shape index (κ1) is 10.1. The molecule has 2 rings (SSSR count). The molecule has 0 spiro atoms. The molecule has 1 aliphatic heterocycles. The Hall–Kier alpha value is -0.380. The zero-order valence-electron chi connectivity index (χ0n) is 8.50. The van der Waals surface area contributed by atoms with Crippen molar-refractivity contribution in [3.05, 3.63) is 0 Å². The van der Waals surface area contributed by atoms with Gasteiger partial charge in [-0.1, -0.05) is 19.3 Å². The topological polar surface area (TPSA) is 32.3 Å². The van der Waals surface area contributed by atoms with E-state index in [1.807, 2.05) is 16.7 Å². The van der Waals surface area contributed by atoms with Crippen LogP contribution in [0.25, 0.3) is 0 Å². The van der Waals surface area contributed by atoms with E-state index in [4.69, 9.17) is 0 Å². The Bertz CT molecular complexity index is 198. The number of thioether (sulfide) groups is 1. The monoisotopic (exact) mass is 214 g/mol. The van der Waals surface area contributed by atoms with E-state index in [9.17, 15) is 4.79 Å². The number of nitrogens with one attached hydrogen (secondary N) is 1. The summed E-state index contributed by atoms with van der Waals surface area (Å²) in [6.07, 6.45) is 6.24. The van der Waals surface area contributed by atoms with Crippen molar-refractivity contribution in [2.45, 2.75) is 38.1 Å². The molecule has 80 valence electrons. The van der Waals surface area contributed by atoms with Crippen molar-refractivity contribution >= 4 is 17.8 Å². The van der Waals surface area contributed by atoms with E-state index in [2.05, 4.69) is 5.32 Å². The van der Waals surface area contributed by atoms with Gasteiger partial charge >= 0.3 is 6.03 Å². The number of rotatable bonds is 1. The molecule has 0 radical (unpaired) electrons. The van der Waals surface area contributed by atoms with Crippen LogP contribution in [0.5, 0.6) is 0 Å². The molecule has 0 unspecified atom stereocenters. The summed E-state index contributed by atoms with van der Waals surface area (Å²) in [5.74, 6) is 1.97. The van der Waals surface area contributed by atoms with Crippen LogP contribution in [0.15, 0.2) is 0 Å². The van der Waals surface area contributed by atoms with Crippen molar-refractivity contribution in [1.29, 1.82) is 0 Å². The molecule has 1 saturated heterocycles. The number of urea groups is 1. The predicted molar refractivity (Wildman–Crippen MR) is 59.4 cm³/mol. The molecular formula is C10H18N2OS. The van der Waals surface area contributed by atoms with Gasteiger partial charge in [-0.05, 0) is 12.8 Å². The molecule has 0 aromatic carbocycles. The van der Waals surface area contributed by atoms with Crippen LogP contribution in [-0.2, 0) is 0 Å². The Kier molecular flexibility index (Phi) is 3.56. The fourth-order valence-electron chi connectivity index (χ4n) is 2.09. The maximum absolute atomic E-state index is 11.7. The van der Waals surface area contributed by atoms with E-state index >= 15 is 0 Å². The molecule has 0 aromatic rings. The Balaban J connectivity index is 1.75. The maximum Gasteiger partial charge on any atom is 0.318 e. The minimum absolute atomic E-state index is 0.155. The summed E-state index contributed by atoms with van der Waals surface area (Å²) >= 11 is 1.84. The second-order valence-corrected chi connectivity index (χ2v) is 5.16. The summed E-state index contributed by atoms with van der Waals surface area (Å²) in [5, 5.41) is 3.13. The van der Waals surface area contributed by atoms with E-state index in [0.717, 1.165) is 18.2 Å². The van der Waals surface area contributed by atoms with Crippen LogP contribution in [0.3, 0.4) is 0 Å². The lowest BCUT2D eigenvalue weighted by Crippen LogP contribution is -2.44. The van der Waals surface area contributed by atoms with Gasteiger partial charge in [0.2, 0.25) is 0 Å². The highest BCUT2D eigenvalue weighted by Gasteiger charge is 2.21. The van der Waals surface area contributed by atoms with Gasteiger partial charge in [0, 0.05) is 18.3 Å². The molecular weight excluding hydrogens is 196 g/mol. The van der Waals surface area contributed by atoms with Gasteiger partial charge in [0.05, 0.1) is 5.88 Å². The summed E-state index contributed by atoms with van der Waals surface area (Å²) in [4.78, 5) is 13.6. The maximum atomic E-state index is 11.7. The van der Waals surface area contributed by atoms with Crippen molar-refractivity contribution in [1.82, 2.24) is 10.2 Å². The minimum Gasteiger partial charge on any atom is -0.335 e. The first-order valence-corrected chi connectivity index (χ1v) is 6.65. The molecule has 4 heteroatoms. The first-order chi connectivity index (χ1) is 6.86. The molecule has 3 nitrogen and oxygen atoms in total. The van der Waals surface area contributed by atoms with Crippen LogP contribution in [0.2, 0.25) is 0 Å². The number of carbonyl (C=O) groups excluding carboxylic acids is 1. The summed E-state index contributed by atoms with van der Waals surface area (Å²) in [6.45, 7) is 0.920. The Morgan fingerprint density at radius 3 is 2.71 bits per heavy atom. The number of hydrogen-bond donors (Lipinski definition) is 1. The van der Waals surface area contributed by atoms with Gasteiger partial charge in [-0.25, -0.2) is 4.79 Å². The fraction of sp³-hybridized carbons (Fsp3) is 0.900. The molecule has 1 aliphatic carbocycles. The van der Waals surface area contributed by atoms with Crippen LogP contribution in [0, 0.1) is 0 Å². The zero-order chi connectivity index (χ0) is 9.80. The van der Waals surface area contributed by atoms with Crippen LogP contribution < -0.4 is 5.32 Å². The smallest absolute Gasteiger partial charge is 0.318 e. The number of carbonyl (C=O) groups is 1. The molecule has 2 amide bonds. The minimum atomic E-state index is 0.155. The van der Waals surface area contributed by atoms with Crippen molar-refractivity contribution in [3.63, 3.8) is 0 Å². The van der Waals surface area contributed by atoms with Crippen LogP contribution in [0.4, 0.5) is 4.79 Å². The molecule has 0 bridgehead atoms. The lowest BCUT2D eigenvalue weighted by atomic mass is 9.96. The molecule has 1 saturated carbocycles. The summed E-state index contributed by atoms with van der Waals surface area (Å²) in [6, 6.07) is 0.601. The largest absolute Gasteiger partial charge is 0.335 e. The summed E-state index contributed by atoms with van der Waals surface area (Å²) < 4.78 is 0. The van der Waals surface area contributed by atoms with E-state index < -0.39 is 0 Å². The lowest BCUT2D eigenvalue weighted by molar-refractivity contribution is 0.203. The van der Waals surface area contributed by atoms with Crippen molar-refractivity contribution in [2.75, 3.05) is 18.2 Å². The summed E-state index contributed by atoms with van der Waals surface area (Å²) in [5.41, 5.74) is 0. The normalized spacial score (nSPS) is 23.9. The van der Waals surface area contributed by atoms with E-state index in [0.29, 0.717) is 6.04 Å². The Morgan fingerprint density at radius 1 is 1.29 bits per heavy atom. The number of hydrogen-bond acceptors (Lipinski definition) is 2. The fourth-order valence-corrected chi connectivity index (χ4v) is 3.03. The van der Waals surface area contributed by atoms with Crippen LogP contribution in [-0.4, -0.2) is 35.1 Å². The van der Waals surface area contributed by atoms with Gasteiger partial charge < -0.3 is 10.2 Å². The van der Waals surface area contributed by atoms with Gasteiger partial charge in [-0.2, -0.15) is 0 Å². The molecule has 1 heterocycles. The van der Waals surface area contributed by atoms with Gasteiger partial charge in [-0.15, -0.1) is 11.8 Å². The molecule has 2 aliphatic rings. The standard InChI is InChI=1S/C10H18N2OS/c13-10(12-6-7-14-8-12)11-9-4-2-1-3-5-9/h9H,1-8H2,(H,11,13). The Morgan fingerprint density at radius 2 is 2.07 bits per heavy atom. The zero-order valence-corrected chi connectivity index (χ0v) is 9.31. The highest BCUT2D eigenvalue weighted by atomic mass is 32.2. The summed E-state index contributed by atoms with van der Waals surface area (Å²) in [7, 11) is 0. The van der Waals surface area contributed by atoms with Crippen molar-refractivity contribution in [2.24, 2.45) is 0 Å². The first-order valence-electron chi connectivity index (χ1n) is 5.49. The van der Waals surface area contributed by atoms with E-state index in [1.165, 1.54) is 32.1 Å². The average Bonchev–Trinajstić information content (AvgIpc) is 2.72. The third-order valence-electron chi connectivity index (χ3n) is 2.97. The van der Waals surface area contributed by atoms with E-state index in [-0.39, 0.29) is 6.03 Å². The molecule has 14 heavy (non-hydrogen) atoms. The molecule has 1 N–H and O–H groups in total. The highest BCUT2D eigenvalue weighted by Crippen LogP contribution is 2.18. The predicted octanol–water partition coefficient (Wildman–Crippen LogP) is 2.04. The van der Waals surface area contributed by atoms with Crippen LogP contribution >= 0.6 is 11.8 Å². The van der Waals surface area contributed by atoms with Gasteiger partial charge in [0.25, 0.3) is 0 Å². The SMILES string of the molecule is O=C(NC1CCCCC1)N1CCSC1. The van der Waals surface area contributed by atoms with Crippen LogP contribution in [0.1, 0.15) is 32.1 Å². The van der Waals surface area contributed by atoms with Crippen molar-refractivity contribution in [3.8, 4) is 0 Å². The number of nitrogens with zero attached hydrogens (tertiary/aromatic N) is 1. The Labute approximate surface area is 89.6 Å². The van der Waals surface area contributed by atoms with E-state index in [1.54, 1.807) is 0 Å². The second kappa shape index (κ2) is 4.91. The average molecular weight is 214 g/mol. The van der Waals surface area contributed by atoms with Gasteiger partial charge in [0.1, 0.15) is 0 Å². The molecule has 0 aromatic heterocycles. The second-order valence-electron chi connectivity index (χ2n) is 4.09. The third-order valence-corrected chi connectivity index (χ3v) is 3.94. The number of amides is 2. The quantitative estimate of drug-likeness (QED) is 0.724. The van der Waals surface area contributed by atoms with Gasteiger partial charge in [-0.3, -0.25) is 0 Å². The van der Waals surface area contributed by atoms with Crippen molar-refractivity contribution < 1.29 is 4.79 Å². The lowest BCUT2D eigenvalue weighted by Gasteiger charge is -2.25. The van der Waals surface area contributed by atoms with Gasteiger partial charge in [0.15, 0.2) is 0 Å². The third kappa shape index (κ3) is 2.56. The molecule has 2 fully saturated rings.